The first kappa shape index (κ1) is 18.8. The number of hydrogen-bond donors (Lipinski definition) is 1. The molecule has 1 heterocycles. The molecule has 1 fully saturated rings. The van der Waals surface area contributed by atoms with E-state index >= 15 is 0 Å². The van der Waals surface area contributed by atoms with Gasteiger partial charge >= 0.3 is 5.97 Å². The minimum absolute atomic E-state index is 0.133. The highest BCUT2D eigenvalue weighted by atomic mass is 32.2. The number of benzene rings is 1. The Labute approximate surface area is 142 Å². The Morgan fingerprint density at radius 1 is 1.38 bits per heavy atom. The summed E-state index contributed by atoms with van der Waals surface area (Å²) in [5, 5.41) is 3.20. The van der Waals surface area contributed by atoms with Crippen LogP contribution < -0.4 is 5.32 Å². The molecule has 2 rings (SSSR count). The largest absolute Gasteiger partial charge is 0.465 e. The fourth-order valence-electron chi connectivity index (χ4n) is 2.94. The number of ether oxygens (including phenoxy) is 1. The number of rotatable bonds is 6. The zero-order valence-electron chi connectivity index (χ0n) is 13.9. The Morgan fingerprint density at radius 3 is 2.62 bits per heavy atom. The number of hydrogen-bond acceptors (Lipinski definition) is 5. The summed E-state index contributed by atoms with van der Waals surface area (Å²) in [5.74, 6) is -1.55. The molecule has 8 heteroatoms. The van der Waals surface area contributed by atoms with E-state index in [1.165, 1.54) is 4.31 Å². The number of nitrogens with zero attached hydrogens (tertiary/aromatic N) is 1. The molecule has 6 nitrogen and oxygen atoms in total. The van der Waals surface area contributed by atoms with E-state index in [2.05, 4.69) is 10.1 Å². The van der Waals surface area contributed by atoms with Gasteiger partial charge in [0.2, 0.25) is 10.0 Å². The van der Waals surface area contributed by atoms with Crippen LogP contribution in [-0.4, -0.2) is 51.5 Å². The molecule has 1 aliphatic heterocycles. The van der Waals surface area contributed by atoms with Crippen molar-refractivity contribution in [2.45, 2.75) is 37.1 Å². The van der Waals surface area contributed by atoms with Gasteiger partial charge in [-0.3, -0.25) is 0 Å². The van der Waals surface area contributed by atoms with E-state index in [0.717, 1.165) is 38.4 Å². The van der Waals surface area contributed by atoms with Crippen molar-refractivity contribution in [1.29, 1.82) is 0 Å². The number of carbonyl (C=O) groups excluding carboxylic acids is 1. The minimum Gasteiger partial charge on any atom is -0.465 e. The molecule has 0 amide bonds. The molecule has 0 bridgehead atoms. The average Bonchev–Trinajstić information content (AvgIpc) is 2.59. The summed E-state index contributed by atoms with van der Waals surface area (Å²) in [7, 11) is -2.79. The number of halogens is 1. The molecule has 24 heavy (non-hydrogen) atoms. The molecule has 1 aromatic carbocycles. The predicted molar refractivity (Wildman–Crippen MR) is 87.8 cm³/mol. The van der Waals surface area contributed by atoms with Crippen LogP contribution in [0.1, 0.15) is 36.5 Å². The first-order valence-electron chi connectivity index (χ1n) is 8.02. The third-order valence-corrected chi connectivity index (χ3v) is 6.10. The summed E-state index contributed by atoms with van der Waals surface area (Å²) >= 11 is 0. The summed E-state index contributed by atoms with van der Waals surface area (Å²) in [6.07, 6.45) is 2.06. The standard InChI is InChI=1S/C16H23FN2O4S/c1-3-10-19(13-6-8-18-9-7-13)24(21,22)15-5-4-12(17)11-14(15)16(20)23-2/h4-5,11,13,18H,3,6-10H2,1-2H3. The van der Waals surface area contributed by atoms with Crippen molar-refractivity contribution in [3.63, 3.8) is 0 Å². The molecule has 0 spiro atoms. The zero-order chi connectivity index (χ0) is 17.7. The maximum atomic E-state index is 13.5. The molecular weight excluding hydrogens is 335 g/mol. The van der Waals surface area contributed by atoms with Gasteiger partial charge in [0.05, 0.1) is 17.6 Å². The van der Waals surface area contributed by atoms with E-state index < -0.39 is 21.8 Å². The fourth-order valence-corrected chi connectivity index (χ4v) is 4.88. The summed E-state index contributed by atoms with van der Waals surface area (Å²) in [4.78, 5) is 11.7. The predicted octanol–water partition coefficient (Wildman–Crippen LogP) is 1.76. The summed E-state index contributed by atoms with van der Waals surface area (Å²) in [5.41, 5.74) is -0.271. The number of sulfonamides is 1. The summed E-state index contributed by atoms with van der Waals surface area (Å²) in [6.45, 7) is 3.74. The van der Waals surface area contributed by atoms with E-state index in [4.69, 9.17) is 0 Å². The van der Waals surface area contributed by atoms with Gasteiger partial charge in [-0.2, -0.15) is 4.31 Å². The molecule has 0 atom stereocenters. The fraction of sp³-hybridized carbons (Fsp3) is 0.562. The van der Waals surface area contributed by atoms with Gasteiger partial charge in [0.1, 0.15) is 5.82 Å². The number of carbonyl (C=O) groups is 1. The molecule has 0 saturated carbocycles. The summed E-state index contributed by atoms with van der Waals surface area (Å²) in [6, 6.07) is 2.96. The average molecular weight is 358 g/mol. The third kappa shape index (κ3) is 3.93. The lowest BCUT2D eigenvalue weighted by Gasteiger charge is -2.33. The van der Waals surface area contributed by atoms with Gasteiger partial charge in [-0.25, -0.2) is 17.6 Å². The molecule has 1 aromatic rings. The van der Waals surface area contributed by atoms with Crippen LogP contribution in [0.2, 0.25) is 0 Å². The molecular formula is C16H23FN2O4S. The molecule has 0 aromatic heterocycles. The Hall–Kier alpha value is -1.51. The summed E-state index contributed by atoms with van der Waals surface area (Å²) < 4.78 is 45.9. The Balaban J connectivity index is 2.48. The molecule has 0 aliphatic carbocycles. The highest BCUT2D eigenvalue weighted by Crippen LogP contribution is 2.26. The van der Waals surface area contributed by atoms with Gasteiger partial charge in [-0.05, 0) is 50.6 Å². The van der Waals surface area contributed by atoms with E-state index in [-0.39, 0.29) is 16.5 Å². The number of piperidine rings is 1. The smallest absolute Gasteiger partial charge is 0.339 e. The molecule has 1 N–H and O–H groups in total. The van der Waals surface area contributed by atoms with Crippen LogP contribution >= 0.6 is 0 Å². The van der Waals surface area contributed by atoms with Crippen molar-refractivity contribution in [3.05, 3.63) is 29.6 Å². The van der Waals surface area contributed by atoms with Crippen molar-refractivity contribution in [3.8, 4) is 0 Å². The van der Waals surface area contributed by atoms with E-state index in [9.17, 15) is 17.6 Å². The van der Waals surface area contributed by atoms with Crippen LogP contribution in [0.25, 0.3) is 0 Å². The second-order valence-corrected chi connectivity index (χ2v) is 7.59. The number of methoxy groups -OCH3 is 1. The van der Waals surface area contributed by atoms with Crippen molar-refractivity contribution < 1.29 is 22.3 Å². The monoisotopic (exact) mass is 358 g/mol. The van der Waals surface area contributed by atoms with Crippen molar-refractivity contribution >= 4 is 16.0 Å². The normalized spacial score (nSPS) is 16.3. The Bertz CT molecular complexity index is 687. The lowest BCUT2D eigenvalue weighted by Crippen LogP contribution is -2.46. The zero-order valence-corrected chi connectivity index (χ0v) is 14.7. The second kappa shape index (κ2) is 8.04. The highest BCUT2D eigenvalue weighted by molar-refractivity contribution is 7.89. The number of nitrogens with one attached hydrogen (secondary N) is 1. The highest BCUT2D eigenvalue weighted by Gasteiger charge is 2.34. The van der Waals surface area contributed by atoms with Crippen LogP contribution in [0.4, 0.5) is 4.39 Å². The van der Waals surface area contributed by atoms with Crippen LogP contribution in [0.3, 0.4) is 0 Å². The molecule has 134 valence electrons. The van der Waals surface area contributed by atoms with Crippen molar-refractivity contribution in [1.82, 2.24) is 9.62 Å². The molecule has 1 saturated heterocycles. The topological polar surface area (TPSA) is 75.7 Å². The van der Waals surface area contributed by atoms with Crippen LogP contribution in [0.5, 0.6) is 0 Å². The molecule has 0 unspecified atom stereocenters. The lowest BCUT2D eigenvalue weighted by molar-refractivity contribution is 0.0595. The Morgan fingerprint density at radius 2 is 2.04 bits per heavy atom. The van der Waals surface area contributed by atoms with E-state index in [1.54, 1.807) is 0 Å². The van der Waals surface area contributed by atoms with E-state index in [1.807, 2.05) is 6.92 Å². The van der Waals surface area contributed by atoms with Gasteiger partial charge in [0.25, 0.3) is 0 Å². The van der Waals surface area contributed by atoms with Crippen LogP contribution in [0, 0.1) is 5.82 Å². The van der Waals surface area contributed by atoms with Gasteiger partial charge in [-0.15, -0.1) is 0 Å². The lowest BCUT2D eigenvalue weighted by atomic mass is 10.1. The second-order valence-electron chi connectivity index (χ2n) is 5.73. The Kier molecular flexibility index (Phi) is 6.31. The van der Waals surface area contributed by atoms with Gasteiger partial charge in [-0.1, -0.05) is 6.92 Å². The van der Waals surface area contributed by atoms with Crippen molar-refractivity contribution in [2.75, 3.05) is 26.7 Å². The quantitative estimate of drug-likeness (QED) is 0.785. The van der Waals surface area contributed by atoms with Gasteiger partial charge in [0.15, 0.2) is 0 Å². The van der Waals surface area contributed by atoms with E-state index in [0.29, 0.717) is 25.8 Å². The van der Waals surface area contributed by atoms with Crippen LogP contribution in [-0.2, 0) is 14.8 Å². The van der Waals surface area contributed by atoms with Crippen LogP contribution in [0.15, 0.2) is 23.1 Å². The number of esters is 1. The molecule has 1 aliphatic rings. The van der Waals surface area contributed by atoms with Gasteiger partial charge < -0.3 is 10.1 Å². The first-order valence-corrected chi connectivity index (χ1v) is 9.46. The third-order valence-electron chi connectivity index (χ3n) is 4.09. The maximum Gasteiger partial charge on any atom is 0.339 e. The maximum absolute atomic E-state index is 13.5. The van der Waals surface area contributed by atoms with Gasteiger partial charge in [0, 0.05) is 12.6 Å². The van der Waals surface area contributed by atoms with Crippen molar-refractivity contribution in [2.24, 2.45) is 0 Å². The SMILES string of the molecule is CCCN(C1CCNCC1)S(=O)(=O)c1ccc(F)cc1C(=O)OC. The molecule has 0 radical (unpaired) electrons. The first-order chi connectivity index (χ1) is 11.4. The minimum atomic E-state index is -3.93.